The van der Waals surface area contributed by atoms with E-state index in [9.17, 15) is 4.79 Å². The van der Waals surface area contributed by atoms with Gasteiger partial charge in [-0.15, -0.1) is 0 Å². The summed E-state index contributed by atoms with van der Waals surface area (Å²) < 4.78 is 5.29. The Balaban J connectivity index is 1.83. The monoisotopic (exact) mass is 269 g/mol. The zero-order chi connectivity index (χ0) is 14.4. The first kappa shape index (κ1) is 14.1. The lowest BCUT2D eigenvalue weighted by atomic mass is 10.2. The van der Waals surface area contributed by atoms with E-state index in [1.165, 1.54) is 5.56 Å². The second-order valence-corrected chi connectivity index (χ2v) is 4.88. The second-order valence-electron chi connectivity index (χ2n) is 4.88. The maximum absolute atomic E-state index is 11.9. The normalized spacial score (nSPS) is 10.1. The predicted octanol–water partition coefficient (Wildman–Crippen LogP) is 3.76. The lowest BCUT2D eigenvalue weighted by Gasteiger charge is -2.17. The first-order chi connectivity index (χ1) is 9.65. The Kier molecular flexibility index (Phi) is 4.77. The topological polar surface area (TPSA) is 29.5 Å². The number of hydrogen-bond donors (Lipinski definition) is 0. The van der Waals surface area contributed by atoms with Crippen molar-refractivity contribution in [1.29, 1.82) is 0 Å². The molecule has 0 bridgehead atoms. The minimum Gasteiger partial charge on any atom is -0.445 e. The number of benzene rings is 2. The molecule has 0 radical (unpaired) electrons. The molecule has 0 aliphatic rings. The van der Waals surface area contributed by atoms with E-state index in [2.05, 4.69) is 0 Å². The quantitative estimate of drug-likeness (QED) is 0.845. The van der Waals surface area contributed by atoms with E-state index in [1.54, 1.807) is 11.9 Å². The molecule has 3 nitrogen and oxygen atoms in total. The van der Waals surface area contributed by atoms with Crippen molar-refractivity contribution in [3.8, 4) is 0 Å². The second kappa shape index (κ2) is 6.75. The van der Waals surface area contributed by atoms with E-state index in [0.29, 0.717) is 13.2 Å². The van der Waals surface area contributed by atoms with E-state index in [1.807, 2.05) is 61.5 Å². The van der Waals surface area contributed by atoms with Gasteiger partial charge < -0.3 is 9.64 Å². The SMILES string of the molecule is Cc1ccc(COC(=O)N(C)Cc2ccccc2)cc1. The molecule has 3 heteroatoms. The highest BCUT2D eigenvalue weighted by atomic mass is 16.6. The highest BCUT2D eigenvalue weighted by molar-refractivity contribution is 5.67. The minimum absolute atomic E-state index is 0.304. The summed E-state index contributed by atoms with van der Waals surface area (Å²) in [5.74, 6) is 0. The fraction of sp³-hybridized carbons (Fsp3) is 0.235. The molecule has 0 atom stereocenters. The summed E-state index contributed by atoms with van der Waals surface area (Å²) in [6.07, 6.45) is -0.311. The van der Waals surface area contributed by atoms with Crippen LogP contribution in [0.1, 0.15) is 16.7 Å². The molecule has 2 aromatic rings. The van der Waals surface area contributed by atoms with Crippen molar-refractivity contribution in [3.63, 3.8) is 0 Å². The molecular weight excluding hydrogens is 250 g/mol. The smallest absolute Gasteiger partial charge is 0.410 e. The molecular formula is C17H19NO2. The molecule has 0 N–H and O–H groups in total. The summed E-state index contributed by atoms with van der Waals surface area (Å²) >= 11 is 0. The lowest BCUT2D eigenvalue weighted by Crippen LogP contribution is -2.26. The molecule has 20 heavy (non-hydrogen) atoms. The number of carbonyl (C=O) groups is 1. The van der Waals surface area contributed by atoms with Crippen LogP contribution in [0.2, 0.25) is 0 Å². The van der Waals surface area contributed by atoms with E-state index >= 15 is 0 Å². The van der Waals surface area contributed by atoms with Crippen LogP contribution in [0.3, 0.4) is 0 Å². The van der Waals surface area contributed by atoms with E-state index < -0.39 is 0 Å². The van der Waals surface area contributed by atoms with E-state index in [0.717, 1.165) is 11.1 Å². The van der Waals surface area contributed by atoms with Gasteiger partial charge >= 0.3 is 6.09 Å². The molecule has 0 unspecified atom stereocenters. The Hall–Kier alpha value is -2.29. The summed E-state index contributed by atoms with van der Waals surface area (Å²) in [7, 11) is 1.74. The van der Waals surface area contributed by atoms with Gasteiger partial charge in [0.1, 0.15) is 6.61 Å². The number of amides is 1. The van der Waals surface area contributed by atoms with Crippen LogP contribution in [0.15, 0.2) is 54.6 Å². The molecule has 104 valence electrons. The van der Waals surface area contributed by atoms with Gasteiger partial charge in [-0.3, -0.25) is 0 Å². The van der Waals surface area contributed by atoms with Crippen LogP contribution in [0.25, 0.3) is 0 Å². The molecule has 0 aromatic heterocycles. The molecule has 2 aromatic carbocycles. The number of aryl methyl sites for hydroxylation is 1. The summed E-state index contributed by atoms with van der Waals surface area (Å²) in [5.41, 5.74) is 3.28. The Morgan fingerprint density at radius 2 is 1.65 bits per heavy atom. The fourth-order valence-electron chi connectivity index (χ4n) is 1.86. The van der Waals surface area contributed by atoms with E-state index in [-0.39, 0.29) is 6.09 Å². The summed E-state index contributed by atoms with van der Waals surface area (Å²) in [6.45, 7) is 2.88. The van der Waals surface area contributed by atoms with E-state index in [4.69, 9.17) is 4.74 Å². The van der Waals surface area contributed by atoms with Gasteiger partial charge in [0, 0.05) is 13.6 Å². The number of carbonyl (C=O) groups excluding carboxylic acids is 1. The lowest BCUT2D eigenvalue weighted by molar-refractivity contribution is 0.103. The third-order valence-electron chi connectivity index (χ3n) is 3.06. The minimum atomic E-state index is -0.311. The van der Waals surface area contributed by atoms with Crippen molar-refractivity contribution in [1.82, 2.24) is 4.90 Å². The Labute approximate surface area is 119 Å². The number of rotatable bonds is 4. The molecule has 0 heterocycles. The Morgan fingerprint density at radius 3 is 2.30 bits per heavy atom. The van der Waals surface area contributed by atoms with Gasteiger partial charge in [-0.1, -0.05) is 60.2 Å². The predicted molar refractivity (Wildman–Crippen MR) is 79.3 cm³/mol. The molecule has 0 aliphatic heterocycles. The molecule has 1 amide bonds. The van der Waals surface area contributed by atoms with Gasteiger partial charge in [0.15, 0.2) is 0 Å². The third kappa shape index (κ3) is 4.12. The molecule has 0 spiro atoms. The van der Waals surface area contributed by atoms with Crippen LogP contribution in [-0.2, 0) is 17.9 Å². The standard InChI is InChI=1S/C17H19NO2/c1-14-8-10-16(11-9-14)13-20-17(19)18(2)12-15-6-4-3-5-7-15/h3-11H,12-13H2,1-2H3. The van der Waals surface area contributed by atoms with Gasteiger partial charge in [0.2, 0.25) is 0 Å². The van der Waals surface area contributed by atoms with Gasteiger partial charge in [-0.05, 0) is 18.1 Å². The first-order valence-corrected chi connectivity index (χ1v) is 6.62. The van der Waals surface area contributed by atoms with Crippen LogP contribution in [0.5, 0.6) is 0 Å². The van der Waals surface area contributed by atoms with Crippen molar-refractivity contribution in [2.45, 2.75) is 20.1 Å². The molecule has 0 aliphatic carbocycles. The molecule has 0 saturated heterocycles. The highest BCUT2D eigenvalue weighted by Gasteiger charge is 2.10. The van der Waals surface area contributed by atoms with Crippen LogP contribution in [0.4, 0.5) is 4.79 Å². The number of ether oxygens (including phenoxy) is 1. The Morgan fingerprint density at radius 1 is 1.00 bits per heavy atom. The first-order valence-electron chi connectivity index (χ1n) is 6.62. The summed E-state index contributed by atoms with van der Waals surface area (Å²) in [5, 5.41) is 0. The maximum Gasteiger partial charge on any atom is 0.410 e. The zero-order valence-corrected chi connectivity index (χ0v) is 11.9. The molecule has 2 rings (SSSR count). The largest absolute Gasteiger partial charge is 0.445 e. The zero-order valence-electron chi connectivity index (χ0n) is 11.9. The van der Waals surface area contributed by atoms with Crippen LogP contribution in [-0.4, -0.2) is 18.0 Å². The van der Waals surface area contributed by atoms with Gasteiger partial charge in [-0.25, -0.2) is 4.79 Å². The van der Waals surface area contributed by atoms with Gasteiger partial charge in [-0.2, -0.15) is 0 Å². The summed E-state index contributed by atoms with van der Waals surface area (Å²) in [4.78, 5) is 13.5. The van der Waals surface area contributed by atoms with Crippen LogP contribution >= 0.6 is 0 Å². The summed E-state index contributed by atoms with van der Waals surface area (Å²) in [6, 6.07) is 17.8. The average molecular weight is 269 g/mol. The van der Waals surface area contributed by atoms with Gasteiger partial charge in [0.25, 0.3) is 0 Å². The van der Waals surface area contributed by atoms with Crippen molar-refractivity contribution < 1.29 is 9.53 Å². The van der Waals surface area contributed by atoms with Crippen molar-refractivity contribution >= 4 is 6.09 Å². The van der Waals surface area contributed by atoms with Crippen LogP contribution < -0.4 is 0 Å². The maximum atomic E-state index is 11.9. The fourth-order valence-corrected chi connectivity index (χ4v) is 1.86. The molecule has 0 saturated carbocycles. The van der Waals surface area contributed by atoms with Crippen molar-refractivity contribution in [3.05, 3.63) is 71.3 Å². The molecule has 0 fully saturated rings. The highest BCUT2D eigenvalue weighted by Crippen LogP contribution is 2.07. The van der Waals surface area contributed by atoms with Crippen molar-refractivity contribution in [2.24, 2.45) is 0 Å². The number of nitrogens with zero attached hydrogens (tertiary/aromatic N) is 1. The van der Waals surface area contributed by atoms with Crippen LogP contribution in [0, 0.1) is 6.92 Å². The Bertz CT molecular complexity index is 549. The van der Waals surface area contributed by atoms with Gasteiger partial charge in [0.05, 0.1) is 0 Å². The number of hydrogen-bond acceptors (Lipinski definition) is 2. The average Bonchev–Trinajstić information content (AvgIpc) is 2.47. The van der Waals surface area contributed by atoms with Crippen molar-refractivity contribution in [2.75, 3.05) is 7.05 Å². The third-order valence-corrected chi connectivity index (χ3v) is 3.06.